The maximum Gasteiger partial charge on any atom is 0.269 e. The summed E-state index contributed by atoms with van der Waals surface area (Å²) in [4.78, 5) is 10.2. The summed E-state index contributed by atoms with van der Waals surface area (Å²) in [6.07, 6.45) is 0. The normalized spacial score (nSPS) is 9.88. The Kier molecular flexibility index (Phi) is 5.96. The van der Waals surface area contributed by atoms with Crippen LogP contribution in [-0.4, -0.2) is 31.4 Å². The quantitative estimate of drug-likeness (QED) is 0.458. The van der Waals surface area contributed by atoms with E-state index in [2.05, 4.69) is 10.6 Å². The molecule has 0 amide bonds. The lowest BCUT2D eigenvalue weighted by atomic mass is 10.2. The molecular weight excluding hydrogens is 346 g/mol. The van der Waals surface area contributed by atoms with E-state index in [0.29, 0.717) is 33.7 Å². The number of nitrogens with zero attached hydrogens (tertiary/aromatic N) is 1. The highest BCUT2D eigenvalue weighted by Crippen LogP contribution is 2.39. The van der Waals surface area contributed by atoms with Crippen LogP contribution in [0.3, 0.4) is 0 Å². The highest BCUT2D eigenvalue weighted by molar-refractivity contribution is 7.80. The van der Waals surface area contributed by atoms with Gasteiger partial charge in [0.15, 0.2) is 16.6 Å². The van der Waals surface area contributed by atoms with E-state index in [9.17, 15) is 10.1 Å². The number of benzene rings is 2. The molecule has 0 saturated carbocycles. The molecule has 0 aliphatic carbocycles. The molecule has 2 N–H and O–H groups in total. The molecule has 0 aromatic heterocycles. The fraction of sp³-hybridized carbons (Fsp3) is 0.188. The van der Waals surface area contributed by atoms with Crippen LogP contribution in [0, 0.1) is 10.1 Å². The maximum absolute atomic E-state index is 10.7. The van der Waals surface area contributed by atoms with Gasteiger partial charge in [0.1, 0.15) is 0 Å². The van der Waals surface area contributed by atoms with Gasteiger partial charge >= 0.3 is 0 Å². The maximum atomic E-state index is 10.7. The van der Waals surface area contributed by atoms with Gasteiger partial charge in [-0.25, -0.2) is 0 Å². The number of nitrogens with one attached hydrogen (secondary N) is 2. The Morgan fingerprint density at radius 3 is 1.92 bits per heavy atom. The van der Waals surface area contributed by atoms with Crippen molar-refractivity contribution in [3.05, 3.63) is 46.5 Å². The molecule has 8 nitrogen and oxygen atoms in total. The Morgan fingerprint density at radius 2 is 1.48 bits per heavy atom. The van der Waals surface area contributed by atoms with Crippen molar-refractivity contribution >= 4 is 34.4 Å². The van der Waals surface area contributed by atoms with Crippen LogP contribution in [0.15, 0.2) is 36.4 Å². The summed E-state index contributed by atoms with van der Waals surface area (Å²) in [5.41, 5.74) is 1.26. The van der Waals surface area contributed by atoms with Gasteiger partial charge in [-0.1, -0.05) is 0 Å². The van der Waals surface area contributed by atoms with Crippen LogP contribution in [0.5, 0.6) is 17.2 Å². The number of hydrogen-bond acceptors (Lipinski definition) is 6. The molecule has 0 saturated heterocycles. The van der Waals surface area contributed by atoms with Gasteiger partial charge in [-0.2, -0.15) is 0 Å². The summed E-state index contributed by atoms with van der Waals surface area (Å²) >= 11 is 5.25. The van der Waals surface area contributed by atoms with Gasteiger partial charge in [-0.3, -0.25) is 10.1 Å². The lowest BCUT2D eigenvalue weighted by Crippen LogP contribution is -2.19. The van der Waals surface area contributed by atoms with E-state index in [1.54, 1.807) is 24.3 Å². The fourth-order valence-corrected chi connectivity index (χ4v) is 2.35. The van der Waals surface area contributed by atoms with E-state index >= 15 is 0 Å². The minimum absolute atomic E-state index is 0.00838. The van der Waals surface area contributed by atoms with E-state index in [4.69, 9.17) is 26.4 Å². The zero-order valence-corrected chi connectivity index (χ0v) is 14.7. The van der Waals surface area contributed by atoms with Crippen LogP contribution in [0.25, 0.3) is 0 Å². The molecule has 0 heterocycles. The minimum Gasteiger partial charge on any atom is -0.493 e. The van der Waals surface area contributed by atoms with Crippen LogP contribution in [0.4, 0.5) is 17.1 Å². The van der Waals surface area contributed by atoms with Crippen molar-refractivity contribution < 1.29 is 19.1 Å². The SMILES string of the molecule is COc1cc(NC(=S)Nc2ccc([N+](=O)[O-])cc2)cc(OC)c1OC. The number of ether oxygens (including phenoxy) is 3. The molecule has 0 fully saturated rings. The molecular formula is C16H17N3O5S. The molecule has 0 aliphatic heterocycles. The first kappa shape index (κ1) is 18.3. The molecule has 9 heteroatoms. The first-order valence-electron chi connectivity index (χ1n) is 7.11. The summed E-state index contributed by atoms with van der Waals surface area (Å²) in [5, 5.41) is 16.9. The largest absolute Gasteiger partial charge is 0.493 e. The minimum atomic E-state index is -0.462. The highest BCUT2D eigenvalue weighted by atomic mass is 32.1. The van der Waals surface area contributed by atoms with Crippen LogP contribution in [0.1, 0.15) is 0 Å². The number of nitro groups is 1. The molecule has 0 spiro atoms. The van der Waals surface area contributed by atoms with Gasteiger partial charge in [0, 0.05) is 35.6 Å². The molecule has 2 aromatic rings. The molecule has 132 valence electrons. The van der Waals surface area contributed by atoms with Gasteiger partial charge in [-0.05, 0) is 24.4 Å². The molecule has 0 radical (unpaired) electrons. The third-order valence-corrected chi connectivity index (χ3v) is 3.46. The Labute approximate surface area is 149 Å². The van der Waals surface area contributed by atoms with Gasteiger partial charge in [0.2, 0.25) is 5.75 Å². The first-order valence-corrected chi connectivity index (χ1v) is 7.51. The van der Waals surface area contributed by atoms with Crippen molar-refractivity contribution in [3.8, 4) is 17.2 Å². The smallest absolute Gasteiger partial charge is 0.269 e. The van der Waals surface area contributed by atoms with E-state index in [1.165, 1.54) is 33.5 Å². The Morgan fingerprint density at radius 1 is 0.960 bits per heavy atom. The lowest BCUT2D eigenvalue weighted by molar-refractivity contribution is -0.384. The molecule has 2 aromatic carbocycles. The molecule has 2 rings (SSSR count). The predicted molar refractivity (Wildman–Crippen MR) is 99.0 cm³/mol. The van der Waals surface area contributed by atoms with Crippen molar-refractivity contribution in [1.29, 1.82) is 0 Å². The fourth-order valence-electron chi connectivity index (χ4n) is 2.11. The van der Waals surface area contributed by atoms with Crippen LogP contribution in [0.2, 0.25) is 0 Å². The standard InChI is InChI=1S/C16H17N3O5S/c1-22-13-8-11(9-14(23-2)15(13)24-3)18-16(25)17-10-4-6-12(7-5-10)19(20)21/h4-9H,1-3H3,(H2,17,18,25). The Hall–Kier alpha value is -3.07. The zero-order valence-electron chi connectivity index (χ0n) is 13.9. The number of hydrogen-bond donors (Lipinski definition) is 2. The van der Waals surface area contributed by atoms with Gasteiger partial charge in [0.25, 0.3) is 5.69 Å². The van der Waals surface area contributed by atoms with Crippen molar-refractivity contribution in [3.63, 3.8) is 0 Å². The second-order valence-corrected chi connectivity index (χ2v) is 5.21. The monoisotopic (exact) mass is 363 g/mol. The second-order valence-electron chi connectivity index (χ2n) is 4.80. The average molecular weight is 363 g/mol. The third kappa shape index (κ3) is 4.48. The second kappa shape index (κ2) is 8.15. The number of anilines is 2. The zero-order chi connectivity index (χ0) is 18.4. The first-order chi connectivity index (χ1) is 12.0. The topological polar surface area (TPSA) is 94.9 Å². The van der Waals surface area contributed by atoms with Crippen molar-refractivity contribution in [1.82, 2.24) is 0 Å². The summed E-state index contributed by atoms with van der Waals surface area (Å²) in [6, 6.07) is 9.35. The number of thiocarbonyl (C=S) groups is 1. The van der Waals surface area contributed by atoms with Gasteiger partial charge < -0.3 is 24.8 Å². The predicted octanol–water partition coefficient (Wildman–Crippen LogP) is 3.43. The highest BCUT2D eigenvalue weighted by Gasteiger charge is 2.14. The van der Waals surface area contributed by atoms with Crippen molar-refractivity contribution in [2.45, 2.75) is 0 Å². The number of nitro benzene ring substituents is 1. The van der Waals surface area contributed by atoms with Crippen LogP contribution in [-0.2, 0) is 0 Å². The van der Waals surface area contributed by atoms with E-state index in [-0.39, 0.29) is 5.69 Å². The van der Waals surface area contributed by atoms with Crippen LogP contribution < -0.4 is 24.8 Å². The summed E-state index contributed by atoms with van der Waals surface area (Å²) in [5.74, 6) is 1.45. The van der Waals surface area contributed by atoms with Crippen molar-refractivity contribution in [2.75, 3.05) is 32.0 Å². The average Bonchev–Trinajstić information content (AvgIpc) is 2.61. The number of non-ortho nitro benzene ring substituents is 1. The summed E-state index contributed by atoms with van der Waals surface area (Å²) in [7, 11) is 4.57. The molecule has 0 unspecified atom stereocenters. The van der Waals surface area contributed by atoms with Gasteiger partial charge in [-0.15, -0.1) is 0 Å². The Balaban J connectivity index is 2.13. The Bertz CT molecular complexity index is 755. The van der Waals surface area contributed by atoms with Crippen molar-refractivity contribution in [2.24, 2.45) is 0 Å². The van der Waals surface area contributed by atoms with E-state index < -0.39 is 4.92 Å². The van der Waals surface area contributed by atoms with E-state index in [1.807, 2.05) is 0 Å². The molecule has 25 heavy (non-hydrogen) atoms. The molecule has 0 atom stereocenters. The third-order valence-electron chi connectivity index (χ3n) is 3.26. The lowest BCUT2D eigenvalue weighted by Gasteiger charge is -2.16. The summed E-state index contributed by atoms with van der Waals surface area (Å²) in [6.45, 7) is 0. The van der Waals surface area contributed by atoms with Gasteiger partial charge in [0.05, 0.1) is 26.3 Å². The van der Waals surface area contributed by atoms with E-state index in [0.717, 1.165) is 0 Å². The van der Waals surface area contributed by atoms with Crippen LogP contribution >= 0.6 is 12.2 Å². The molecule has 0 bridgehead atoms. The number of rotatable bonds is 6. The summed E-state index contributed by atoms with van der Waals surface area (Å²) < 4.78 is 15.8. The number of methoxy groups -OCH3 is 3. The molecule has 0 aliphatic rings.